The zero-order chi connectivity index (χ0) is 13.8. The molecule has 1 amide bonds. The maximum Gasteiger partial charge on any atom is 0.245 e. The number of piperazine rings is 1. The summed E-state index contributed by atoms with van der Waals surface area (Å²) in [5, 5.41) is 3.40. The van der Waals surface area contributed by atoms with Crippen LogP contribution in [0.15, 0.2) is 24.4 Å². The number of aromatic nitrogens is 1. The van der Waals surface area contributed by atoms with Crippen LogP contribution in [0.2, 0.25) is 0 Å². The number of pyridine rings is 1. The second-order valence-electron chi connectivity index (χ2n) is 5.24. The van der Waals surface area contributed by atoms with Crippen molar-refractivity contribution in [3.8, 4) is 0 Å². The Morgan fingerprint density at radius 3 is 2.89 bits per heavy atom. The molecule has 0 spiro atoms. The Morgan fingerprint density at radius 2 is 2.32 bits per heavy atom. The van der Waals surface area contributed by atoms with Crippen molar-refractivity contribution >= 4 is 5.91 Å². The van der Waals surface area contributed by atoms with E-state index in [4.69, 9.17) is 0 Å². The van der Waals surface area contributed by atoms with Crippen LogP contribution >= 0.6 is 0 Å². The normalized spacial score (nSPS) is 21.9. The Labute approximate surface area is 114 Å². The van der Waals surface area contributed by atoms with Crippen molar-refractivity contribution in [3.63, 3.8) is 0 Å². The van der Waals surface area contributed by atoms with Gasteiger partial charge in [0.1, 0.15) is 6.04 Å². The van der Waals surface area contributed by atoms with E-state index >= 15 is 0 Å². The molecule has 0 saturated carbocycles. The molecule has 2 atom stereocenters. The van der Waals surface area contributed by atoms with Gasteiger partial charge in [-0.3, -0.25) is 14.7 Å². The van der Waals surface area contributed by atoms with Crippen LogP contribution in [0.25, 0.3) is 0 Å². The van der Waals surface area contributed by atoms with Crippen molar-refractivity contribution in [2.24, 2.45) is 0 Å². The maximum absolute atomic E-state index is 12.5. The molecule has 2 unspecified atom stereocenters. The molecule has 0 bridgehead atoms. The van der Waals surface area contributed by atoms with Crippen LogP contribution in [-0.2, 0) is 4.79 Å². The fraction of sp³-hybridized carbons (Fsp3) is 0.571. The highest BCUT2D eigenvalue weighted by molar-refractivity contribution is 5.82. The third-order valence-electron chi connectivity index (χ3n) is 3.41. The highest BCUT2D eigenvalue weighted by Gasteiger charge is 2.32. The van der Waals surface area contributed by atoms with E-state index in [1.165, 1.54) is 0 Å². The minimum atomic E-state index is -0.277. The van der Waals surface area contributed by atoms with Crippen LogP contribution in [0.5, 0.6) is 0 Å². The molecule has 0 aliphatic carbocycles. The molecule has 5 nitrogen and oxygen atoms in total. The smallest absolute Gasteiger partial charge is 0.245 e. The van der Waals surface area contributed by atoms with E-state index < -0.39 is 0 Å². The molecule has 1 aliphatic heterocycles. The molecular weight excluding hydrogens is 240 g/mol. The molecule has 19 heavy (non-hydrogen) atoms. The first kappa shape index (κ1) is 14.0. The first-order valence-electron chi connectivity index (χ1n) is 6.69. The quantitative estimate of drug-likeness (QED) is 0.862. The van der Waals surface area contributed by atoms with E-state index in [1.807, 2.05) is 18.2 Å². The van der Waals surface area contributed by atoms with Crippen molar-refractivity contribution in [1.29, 1.82) is 0 Å². The molecule has 1 aromatic heterocycles. The zero-order valence-corrected chi connectivity index (χ0v) is 11.8. The summed E-state index contributed by atoms with van der Waals surface area (Å²) < 4.78 is 0. The lowest BCUT2D eigenvalue weighted by Crippen LogP contribution is -2.53. The predicted octanol–water partition coefficient (Wildman–Crippen LogP) is 0.505. The molecular formula is C14H22N4O. The predicted molar refractivity (Wildman–Crippen MR) is 74.7 cm³/mol. The average Bonchev–Trinajstić information content (AvgIpc) is 2.40. The van der Waals surface area contributed by atoms with Crippen molar-refractivity contribution in [1.82, 2.24) is 20.1 Å². The van der Waals surface area contributed by atoms with E-state index in [0.29, 0.717) is 6.04 Å². The number of nitrogens with one attached hydrogen (secondary N) is 1. The van der Waals surface area contributed by atoms with Crippen LogP contribution in [0.4, 0.5) is 0 Å². The third kappa shape index (κ3) is 3.30. The Bertz CT molecular complexity index is 421. The second kappa shape index (κ2) is 6.12. The number of nitrogens with zero attached hydrogens (tertiary/aromatic N) is 3. The summed E-state index contributed by atoms with van der Waals surface area (Å²) in [5.74, 6) is 0.0906. The van der Waals surface area contributed by atoms with Gasteiger partial charge in [-0.2, -0.15) is 0 Å². The lowest BCUT2D eigenvalue weighted by Gasteiger charge is -2.37. The van der Waals surface area contributed by atoms with Gasteiger partial charge in [0.05, 0.1) is 5.69 Å². The minimum absolute atomic E-state index is 0.0906. The van der Waals surface area contributed by atoms with E-state index in [9.17, 15) is 4.79 Å². The molecule has 1 N–H and O–H groups in total. The van der Waals surface area contributed by atoms with Gasteiger partial charge >= 0.3 is 0 Å². The monoisotopic (exact) mass is 262 g/mol. The van der Waals surface area contributed by atoms with Crippen molar-refractivity contribution < 1.29 is 4.79 Å². The molecule has 0 aromatic carbocycles. The van der Waals surface area contributed by atoms with Crippen LogP contribution in [-0.4, -0.2) is 60.5 Å². The van der Waals surface area contributed by atoms with Gasteiger partial charge in [-0.25, -0.2) is 0 Å². The summed E-state index contributed by atoms with van der Waals surface area (Å²) in [5.41, 5.74) is 0.829. The topological polar surface area (TPSA) is 48.5 Å². The molecule has 1 aliphatic rings. The van der Waals surface area contributed by atoms with Crippen LogP contribution < -0.4 is 5.32 Å². The van der Waals surface area contributed by atoms with Crippen LogP contribution in [0, 0.1) is 0 Å². The third-order valence-corrected chi connectivity index (χ3v) is 3.41. The Morgan fingerprint density at radius 1 is 1.53 bits per heavy atom. The van der Waals surface area contributed by atoms with E-state index in [2.05, 4.69) is 22.1 Å². The molecule has 5 heteroatoms. The highest BCUT2D eigenvalue weighted by Crippen LogP contribution is 2.22. The molecule has 1 saturated heterocycles. The Kier molecular flexibility index (Phi) is 4.50. The summed E-state index contributed by atoms with van der Waals surface area (Å²) in [4.78, 5) is 20.7. The summed E-state index contributed by atoms with van der Waals surface area (Å²) in [6, 6.07) is 5.86. The fourth-order valence-electron chi connectivity index (χ4n) is 2.45. The second-order valence-corrected chi connectivity index (χ2v) is 5.24. The number of carbonyl (C=O) groups is 1. The van der Waals surface area contributed by atoms with Crippen molar-refractivity contribution in [2.45, 2.75) is 19.0 Å². The van der Waals surface area contributed by atoms with Crippen molar-refractivity contribution in [2.75, 3.05) is 33.7 Å². The maximum atomic E-state index is 12.5. The molecule has 1 aromatic rings. The summed E-state index contributed by atoms with van der Waals surface area (Å²) in [7, 11) is 3.59. The molecule has 2 rings (SSSR count). The SMILES string of the molecule is CC1CN(C(C(=O)N(C)C)c2ccccn2)CCN1. The number of hydrogen-bond acceptors (Lipinski definition) is 4. The molecule has 104 valence electrons. The van der Waals surface area contributed by atoms with E-state index in [1.54, 1.807) is 25.2 Å². The largest absolute Gasteiger partial charge is 0.347 e. The first-order chi connectivity index (χ1) is 9.09. The Hall–Kier alpha value is -1.46. The molecule has 1 fully saturated rings. The summed E-state index contributed by atoms with van der Waals surface area (Å²) in [6.45, 7) is 4.78. The van der Waals surface area contributed by atoms with Crippen LogP contribution in [0.1, 0.15) is 18.7 Å². The number of amides is 1. The fourth-order valence-corrected chi connectivity index (χ4v) is 2.45. The lowest BCUT2D eigenvalue weighted by molar-refractivity contribution is -0.135. The van der Waals surface area contributed by atoms with Gasteiger partial charge in [0.2, 0.25) is 5.91 Å². The number of rotatable bonds is 3. The number of carbonyl (C=O) groups excluding carboxylic acids is 1. The zero-order valence-electron chi connectivity index (χ0n) is 11.8. The van der Waals surface area contributed by atoms with Gasteiger partial charge in [-0.05, 0) is 19.1 Å². The molecule has 0 radical (unpaired) electrons. The summed E-state index contributed by atoms with van der Waals surface area (Å²) in [6.07, 6.45) is 1.75. The van der Waals surface area contributed by atoms with E-state index in [-0.39, 0.29) is 11.9 Å². The average molecular weight is 262 g/mol. The standard InChI is InChI=1S/C14H22N4O/c1-11-10-18(9-8-15-11)13(14(19)17(2)3)12-6-4-5-7-16-12/h4-7,11,13,15H,8-10H2,1-3H3. The van der Waals surface area contributed by atoms with Gasteiger partial charge < -0.3 is 10.2 Å². The van der Waals surface area contributed by atoms with Crippen molar-refractivity contribution in [3.05, 3.63) is 30.1 Å². The number of likely N-dealkylation sites (N-methyl/N-ethyl adjacent to an activating group) is 1. The Balaban J connectivity index is 2.26. The number of hydrogen-bond donors (Lipinski definition) is 1. The minimum Gasteiger partial charge on any atom is -0.347 e. The van der Waals surface area contributed by atoms with Gasteiger partial charge in [0.15, 0.2) is 0 Å². The van der Waals surface area contributed by atoms with Gasteiger partial charge in [-0.15, -0.1) is 0 Å². The summed E-state index contributed by atoms with van der Waals surface area (Å²) >= 11 is 0. The first-order valence-corrected chi connectivity index (χ1v) is 6.69. The van der Waals surface area contributed by atoms with Crippen LogP contribution in [0.3, 0.4) is 0 Å². The van der Waals surface area contributed by atoms with Gasteiger partial charge in [-0.1, -0.05) is 6.07 Å². The molecule has 2 heterocycles. The lowest BCUT2D eigenvalue weighted by atomic mass is 10.1. The van der Waals surface area contributed by atoms with Gasteiger partial charge in [0, 0.05) is 46.0 Å². The van der Waals surface area contributed by atoms with E-state index in [0.717, 1.165) is 25.3 Å². The van der Waals surface area contributed by atoms with Gasteiger partial charge in [0.25, 0.3) is 0 Å². The highest BCUT2D eigenvalue weighted by atomic mass is 16.2.